The van der Waals surface area contributed by atoms with E-state index in [4.69, 9.17) is 0 Å². The summed E-state index contributed by atoms with van der Waals surface area (Å²) in [6.07, 6.45) is 0. The molecule has 0 fully saturated rings. The minimum absolute atomic E-state index is 0.209. The van der Waals surface area contributed by atoms with E-state index in [0.29, 0.717) is 0 Å². The Morgan fingerprint density at radius 1 is 0.404 bits per heavy atom. The van der Waals surface area contributed by atoms with Crippen LogP contribution in [0.1, 0.15) is 10.9 Å². The molecule has 47 heavy (non-hydrogen) atoms. The van der Waals surface area contributed by atoms with E-state index in [0.717, 1.165) is 0 Å². The van der Waals surface area contributed by atoms with Gasteiger partial charge in [0.15, 0.2) is 0 Å². The van der Waals surface area contributed by atoms with Crippen LogP contribution in [0.25, 0.3) is 76.1 Å². The molecular formula is C45H29NS. The van der Waals surface area contributed by atoms with Gasteiger partial charge in [-0.1, -0.05) is 151 Å². The zero-order valence-corrected chi connectivity index (χ0v) is 26.4. The number of hydrogen-bond acceptors (Lipinski definition) is 2. The van der Waals surface area contributed by atoms with Gasteiger partial charge in [0.2, 0.25) is 0 Å². The molecule has 0 radical (unpaired) electrons. The first-order chi connectivity index (χ1) is 23.3. The summed E-state index contributed by atoms with van der Waals surface area (Å²) in [6, 6.07) is 60.4. The first-order valence-electron chi connectivity index (χ1n) is 16.2. The second-order valence-corrected chi connectivity index (χ2v) is 13.6. The van der Waals surface area contributed by atoms with Crippen molar-refractivity contribution < 1.29 is 0 Å². The molecule has 1 aliphatic heterocycles. The van der Waals surface area contributed by atoms with Gasteiger partial charge in [-0.05, 0) is 101 Å². The van der Waals surface area contributed by atoms with Crippen LogP contribution in [0, 0.1) is 0 Å². The monoisotopic (exact) mass is 615 g/mol. The van der Waals surface area contributed by atoms with E-state index in [9.17, 15) is 0 Å². The van der Waals surface area contributed by atoms with Gasteiger partial charge in [0.1, 0.15) is 5.37 Å². The third-order valence-electron chi connectivity index (χ3n) is 9.85. The van der Waals surface area contributed by atoms with Crippen molar-refractivity contribution in [1.82, 2.24) is 0 Å². The number of thioether (sulfide) groups is 1. The molecule has 0 saturated carbocycles. The molecule has 0 amide bonds. The molecule has 1 heterocycles. The molecule has 1 unspecified atom stereocenters. The molecule has 0 spiro atoms. The van der Waals surface area contributed by atoms with Gasteiger partial charge in [-0.3, -0.25) is 0 Å². The molecule has 2 heteroatoms. The molecule has 1 N–H and O–H groups in total. The zero-order valence-electron chi connectivity index (χ0n) is 25.6. The van der Waals surface area contributed by atoms with Gasteiger partial charge in [0, 0.05) is 16.0 Å². The molecule has 1 atom stereocenters. The Hall–Kier alpha value is -5.57. The van der Waals surface area contributed by atoms with Crippen LogP contribution in [0.2, 0.25) is 0 Å². The Morgan fingerprint density at radius 2 is 1.06 bits per heavy atom. The van der Waals surface area contributed by atoms with Crippen molar-refractivity contribution in [2.24, 2.45) is 0 Å². The van der Waals surface area contributed by atoms with Crippen molar-refractivity contribution >= 4 is 71.3 Å². The second kappa shape index (κ2) is 10.5. The van der Waals surface area contributed by atoms with Crippen LogP contribution in [-0.2, 0) is 0 Å². The van der Waals surface area contributed by atoms with E-state index in [2.05, 4.69) is 169 Å². The maximum atomic E-state index is 3.78. The first-order valence-corrected chi connectivity index (χ1v) is 17.1. The minimum atomic E-state index is 0.209. The lowest BCUT2D eigenvalue weighted by Crippen LogP contribution is -2.00. The quantitative estimate of drug-likeness (QED) is 0.198. The zero-order chi connectivity index (χ0) is 30.9. The Morgan fingerprint density at radius 3 is 1.98 bits per heavy atom. The van der Waals surface area contributed by atoms with E-state index in [1.807, 2.05) is 11.8 Å². The molecule has 9 aromatic carbocycles. The normalized spacial score (nSPS) is 14.3. The van der Waals surface area contributed by atoms with E-state index >= 15 is 0 Å². The van der Waals surface area contributed by atoms with Crippen LogP contribution in [0.4, 0.5) is 5.69 Å². The predicted molar refractivity (Wildman–Crippen MR) is 204 cm³/mol. The number of anilines is 1. The highest BCUT2D eigenvalue weighted by Gasteiger charge is 2.25. The predicted octanol–water partition coefficient (Wildman–Crippen LogP) is 13.0. The van der Waals surface area contributed by atoms with Gasteiger partial charge in [-0.2, -0.15) is 0 Å². The van der Waals surface area contributed by atoms with Crippen LogP contribution in [0.5, 0.6) is 0 Å². The minimum Gasteiger partial charge on any atom is -0.368 e. The van der Waals surface area contributed by atoms with Crippen LogP contribution in [-0.4, -0.2) is 0 Å². The molecule has 9 aromatic rings. The summed E-state index contributed by atoms with van der Waals surface area (Å²) >= 11 is 1.93. The van der Waals surface area contributed by atoms with E-state index in [-0.39, 0.29) is 5.37 Å². The molecule has 0 aromatic heterocycles. The van der Waals surface area contributed by atoms with Crippen LogP contribution in [0.15, 0.2) is 169 Å². The van der Waals surface area contributed by atoms with Gasteiger partial charge in [-0.15, -0.1) is 0 Å². The third-order valence-corrected chi connectivity index (χ3v) is 11.1. The van der Waals surface area contributed by atoms with Crippen molar-refractivity contribution in [3.63, 3.8) is 0 Å². The summed E-state index contributed by atoms with van der Waals surface area (Å²) in [5.41, 5.74) is 7.48. The average Bonchev–Trinajstić information content (AvgIpc) is 3.59. The summed E-state index contributed by atoms with van der Waals surface area (Å²) in [5.74, 6) is 0. The average molecular weight is 616 g/mol. The number of benzene rings is 9. The number of rotatable bonds is 3. The fraction of sp³-hybridized carbons (Fsp3) is 0.0222. The van der Waals surface area contributed by atoms with Crippen molar-refractivity contribution in [2.75, 3.05) is 5.32 Å². The summed E-state index contributed by atoms with van der Waals surface area (Å²) in [4.78, 5) is 1.34. The Bertz CT molecular complexity index is 2690. The van der Waals surface area contributed by atoms with E-state index in [1.54, 1.807) is 0 Å². The molecular weight excluding hydrogens is 587 g/mol. The highest BCUT2D eigenvalue weighted by atomic mass is 32.2. The lowest BCUT2D eigenvalue weighted by molar-refractivity contribution is 1.14. The fourth-order valence-corrected chi connectivity index (χ4v) is 8.88. The van der Waals surface area contributed by atoms with E-state index < -0.39 is 0 Å². The highest BCUT2D eigenvalue weighted by molar-refractivity contribution is 8.00. The van der Waals surface area contributed by atoms with Gasteiger partial charge in [0.05, 0.1) is 0 Å². The first kappa shape index (κ1) is 26.6. The maximum absolute atomic E-state index is 3.78. The topological polar surface area (TPSA) is 12.0 Å². The largest absolute Gasteiger partial charge is 0.368 e. The molecule has 1 nitrogen and oxygen atoms in total. The Kier molecular flexibility index (Phi) is 5.94. The van der Waals surface area contributed by atoms with Crippen molar-refractivity contribution in [2.45, 2.75) is 10.3 Å². The lowest BCUT2D eigenvalue weighted by atomic mass is 9.89. The standard InChI is InChI=1S/C45H29NS/c1-2-10-31(11-3-1)45-46-42-24-22-30-19-17-29-18-20-33(26-40(29)43(30)44(42)47-45)32-12-8-13-34(25-32)39-27-41-35-14-5-4-9-28(35)21-23-38(41)36-15-6-7-16-37(36)39/h1-27,45-46H. The number of fused-ring (bicyclic) bond motifs is 10. The summed E-state index contributed by atoms with van der Waals surface area (Å²) in [7, 11) is 0. The van der Waals surface area contributed by atoms with Crippen molar-refractivity contribution in [3.8, 4) is 22.3 Å². The van der Waals surface area contributed by atoms with Gasteiger partial charge in [0.25, 0.3) is 0 Å². The number of nitrogens with one attached hydrogen (secondary N) is 1. The smallest absolute Gasteiger partial charge is 0.103 e. The van der Waals surface area contributed by atoms with Crippen LogP contribution < -0.4 is 5.32 Å². The SMILES string of the molecule is c1ccc(C2Nc3ccc4ccc5ccc(-c6cccc(-c7cc8c9ccccc9ccc8c8ccccc78)c6)cc5c4c3S2)cc1. The van der Waals surface area contributed by atoms with Gasteiger partial charge in [-0.25, -0.2) is 0 Å². The maximum Gasteiger partial charge on any atom is 0.103 e. The summed E-state index contributed by atoms with van der Waals surface area (Å²) < 4.78 is 0. The molecule has 0 bridgehead atoms. The summed E-state index contributed by atoms with van der Waals surface area (Å²) in [5, 5.41) is 16.9. The molecule has 10 rings (SSSR count). The fourth-order valence-electron chi connectivity index (χ4n) is 7.56. The molecule has 1 aliphatic rings. The van der Waals surface area contributed by atoms with Crippen molar-refractivity contribution in [1.29, 1.82) is 0 Å². The third kappa shape index (κ3) is 4.26. The lowest BCUT2D eigenvalue weighted by Gasteiger charge is -2.14. The highest BCUT2D eigenvalue weighted by Crippen LogP contribution is 2.51. The van der Waals surface area contributed by atoms with Crippen LogP contribution >= 0.6 is 11.8 Å². The molecule has 220 valence electrons. The second-order valence-electron chi connectivity index (χ2n) is 12.5. The summed E-state index contributed by atoms with van der Waals surface area (Å²) in [6.45, 7) is 0. The van der Waals surface area contributed by atoms with Crippen molar-refractivity contribution in [3.05, 3.63) is 169 Å². The Labute approximate surface area is 277 Å². The number of hydrogen-bond donors (Lipinski definition) is 1. The van der Waals surface area contributed by atoms with Crippen LogP contribution in [0.3, 0.4) is 0 Å². The molecule has 0 saturated heterocycles. The van der Waals surface area contributed by atoms with Gasteiger partial charge >= 0.3 is 0 Å². The van der Waals surface area contributed by atoms with Gasteiger partial charge < -0.3 is 5.32 Å². The molecule has 0 aliphatic carbocycles. The Balaban J connectivity index is 1.14. The van der Waals surface area contributed by atoms with E-state index in [1.165, 1.54) is 92.3 Å².